The molecule has 0 aromatic heterocycles. The zero-order valence-electron chi connectivity index (χ0n) is 18.7. The normalized spacial score (nSPS) is 19.1. The quantitative estimate of drug-likeness (QED) is 0.633. The Labute approximate surface area is 190 Å². The van der Waals surface area contributed by atoms with Crippen molar-refractivity contribution >= 4 is 23.5 Å². The Hall–Kier alpha value is -3.95. The Balaban J connectivity index is 1.64. The molecule has 0 radical (unpaired) electrons. The van der Waals surface area contributed by atoms with Crippen LogP contribution in [-0.2, 0) is 14.3 Å². The number of methoxy groups -OCH3 is 4. The zero-order chi connectivity index (χ0) is 23.7. The van der Waals surface area contributed by atoms with Crippen LogP contribution < -0.4 is 24.3 Å². The van der Waals surface area contributed by atoms with Crippen LogP contribution in [0.15, 0.2) is 30.3 Å². The summed E-state index contributed by atoms with van der Waals surface area (Å²) >= 11 is 0. The molecular formula is C23H24N2O8. The molecule has 4 rings (SSSR count). The Kier molecular flexibility index (Phi) is 5.99. The number of amides is 2. The Morgan fingerprint density at radius 2 is 1.76 bits per heavy atom. The molecule has 0 bridgehead atoms. The average molecular weight is 456 g/mol. The molecule has 0 unspecified atom stereocenters. The number of hydrogen-bond donors (Lipinski definition) is 1. The van der Waals surface area contributed by atoms with Gasteiger partial charge >= 0.3 is 5.97 Å². The SMILES string of the molecule is COc1ccc(NC(=O)[C@H]2CCC(=O)N2[C@@H]2OC(=O)c3c2ccc(OC)c3OC)c(OC)c1. The minimum Gasteiger partial charge on any atom is -0.497 e. The van der Waals surface area contributed by atoms with Gasteiger partial charge in [-0.15, -0.1) is 0 Å². The number of ether oxygens (including phenoxy) is 5. The molecule has 0 saturated carbocycles. The molecule has 0 spiro atoms. The van der Waals surface area contributed by atoms with Gasteiger partial charge in [-0.2, -0.15) is 0 Å². The second kappa shape index (κ2) is 8.89. The van der Waals surface area contributed by atoms with Gasteiger partial charge in [-0.25, -0.2) is 4.79 Å². The number of rotatable bonds is 7. The smallest absolute Gasteiger partial charge is 0.344 e. The van der Waals surface area contributed by atoms with E-state index in [0.717, 1.165) is 0 Å². The van der Waals surface area contributed by atoms with Gasteiger partial charge in [-0.05, 0) is 30.7 Å². The van der Waals surface area contributed by atoms with Crippen LogP contribution in [-0.4, -0.2) is 57.2 Å². The molecule has 0 aliphatic carbocycles. The Morgan fingerprint density at radius 1 is 1.00 bits per heavy atom. The summed E-state index contributed by atoms with van der Waals surface area (Å²) in [6.07, 6.45) is -0.621. The standard InChI is InChI=1S/C23H24N2O8/c1-29-12-5-7-14(17(11-12)31-3)24-21(27)15-8-10-18(26)25(15)22-13-6-9-16(30-2)20(32-4)19(13)23(28)33-22/h5-7,9,11,15,22H,8,10H2,1-4H3,(H,24,27)/t15-,22-/m1/s1. The summed E-state index contributed by atoms with van der Waals surface area (Å²) in [7, 11) is 5.88. The van der Waals surface area contributed by atoms with Crippen molar-refractivity contribution in [2.45, 2.75) is 25.1 Å². The van der Waals surface area contributed by atoms with Gasteiger partial charge in [-0.3, -0.25) is 14.5 Å². The monoisotopic (exact) mass is 456 g/mol. The molecule has 10 heteroatoms. The number of nitrogens with zero attached hydrogens (tertiary/aromatic N) is 1. The number of esters is 1. The molecule has 1 fully saturated rings. The molecule has 2 aromatic carbocycles. The third-order valence-corrected chi connectivity index (χ3v) is 5.74. The molecule has 2 heterocycles. The van der Waals surface area contributed by atoms with Gasteiger partial charge in [0.2, 0.25) is 18.0 Å². The minimum absolute atomic E-state index is 0.147. The summed E-state index contributed by atoms with van der Waals surface area (Å²) in [6.45, 7) is 0. The topological polar surface area (TPSA) is 113 Å². The number of likely N-dealkylation sites (tertiary alicyclic amines) is 1. The van der Waals surface area contributed by atoms with Crippen LogP contribution in [0.25, 0.3) is 0 Å². The molecule has 1 N–H and O–H groups in total. The fraction of sp³-hybridized carbons (Fsp3) is 0.348. The minimum atomic E-state index is -1.05. The number of hydrogen-bond acceptors (Lipinski definition) is 8. The van der Waals surface area contributed by atoms with Crippen LogP contribution in [0.4, 0.5) is 5.69 Å². The number of fused-ring (bicyclic) bond motifs is 1. The highest BCUT2D eigenvalue weighted by Crippen LogP contribution is 2.45. The van der Waals surface area contributed by atoms with Gasteiger partial charge in [0.25, 0.3) is 0 Å². The second-order valence-electron chi connectivity index (χ2n) is 7.43. The van der Waals surface area contributed by atoms with Crippen molar-refractivity contribution in [3.8, 4) is 23.0 Å². The number of benzene rings is 2. The number of nitrogens with one attached hydrogen (secondary N) is 1. The third-order valence-electron chi connectivity index (χ3n) is 5.74. The lowest BCUT2D eigenvalue weighted by atomic mass is 10.0. The molecule has 2 aliphatic rings. The third kappa shape index (κ3) is 3.77. The predicted molar refractivity (Wildman–Crippen MR) is 116 cm³/mol. The van der Waals surface area contributed by atoms with Crippen LogP contribution >= 0.6 is 0 Å². The van der Waals surface area contributed by atoms with E-state index < -0.39 is 24.1 Å². The maximum atomic E-state index is 13.2. The largest absolute Gasteiger partial charge is 0.497 e. The molecule has 33 heavy (non-hydrogen) atoms. The fourth-order valence-electron chi connectivity index (χ4n) is 4.16. The predicted octanol–water partition coefficient (Wildman–Crippen LogP) is 2.52. The molecule has 10 nitrogen and oxygen atoms in total. The van der Waals surface area contributed by atoms with Gasteiger partial charge in [0, 0.05) is 18.1 Å². The molecule has 2 aromatic rings. The number of anilines is 1. The van der Waals surface area contributed by atoms with E-state index in [-0.39, 0.29) is 30.1 Å². The number of carbonyl (C=O) groups is 3. The lowest BCUT2D eigenvalue weighted by Crippen LogP contribution is -2.43. The first-order chi connectivity index (χ1) is 15.9. The van der Waals surface area contributed by atoms with Crippen molar-refractivity contribution in [3.63, 3.8) is 0 Å². The highest BCUT2D eigenvalue weighted by Gasteiger charge is 2.47. The van der Waals surface area contributed by atoms with E-state index in [0.29, 0.717) is 28.5 Å². The van der Waals surface area contributed by atoms with Crippen molar-refractivity contribution in [1.29, 1.82) is 0 Å². The first-order valence-corrected chi connectivity index (χ1v) is 10.2. The van der Waals surface area contributed by atoms with Crippen molar-refractivity contribution in [2.75, 3.05) is 33.8 Å². The fourth-order valence-corrected chi connectivity index (χ4v) is 4.16. The lowest BCUT2D eigenvalue weighted by molar-refractivity contribution is -0.144. The maximum absolute atomic E-state index is 13.2. The van der Waals surface area contributed by atoms with E-state index in [1.807, 2.05) is 0 Å². The summed E-state index contributed by atoms with van der Waals surface area (Å²) < 4.78 is 26.7. The van der Waals surface area contributed by atoms with Crippen LogP contribution in [0.1, 0.15) is 35.0 Å². The number of cyclic esters (lactones) is 1. The van der Waals surface area contributed by atoms with E-state index in [9.17, 15) is 14.4 Å². The molecular weight excluding hydrogens is 432 g/mol. The molecule has 174 valence electrons. The summed E-state index contributed by atoms with van der Waals surface area (Å²) in [5.74, 6) is 0.197. The van der Waals surface area contributed by atoms with Crippen LogP contribution in [0.2, 0.25) is 0 Å². The average Bonchev–Trinajstić information content (AvgIpc) is 3.37. The first kappa shape index (κ1) is 22.3. The van der Waals surface area contributed by atoms with E-state index in [2.05, 4.69) is 5.32 Å². The Bertz CT molecular complexity index is 1120. The van der Waals surface area contributed by atoms with Gasteiger partial charge in [0.1, 0.15) is 23.1 Å². The van der Waals surface area contributed by atoms with Crippen molar-refractivity contribution in [1.82, 2.24) is 4.90 Å². The molecule has 2 atom stereocenters. The van der Waals surface area contributed by atoms with Gasteiger partial charge in [0.15, 0.2) is 11.5 Å². The van der Waals surface area contributed by atoms with Crippen LogP contribution in [0.5, 0.6) is 23.0 Å². The van der Waals surface area contributed by atoms with Crippen LogP contribution in [0, 0.1) is 0 Å². The van der Waals surface area contributed by atoms with Crippen molar-refractivity contribution in [3.05, 3.63) is 41.5 Å². The van der Waals surface area contributed by atoms with Crippen molar-refractivity contribution in [2.24, 2.45) is 0 Å². The summed E-state index contributed by atoms with van der Waals surface area (Å²) in [5, 5.41) is 2.81. The lowest BCUT2D eigenvalue weighted by Gasteiger charge is -2.29. The van der Waals surface area contributed by atoms with Crippen molar-refractivity contribution < 1.29 is 38.1 Å². The molecule has 2 amide bonds. The Morgan fingerprint density at radius 3 is 2.42 bits per heavy atom. The first-order valence-electron chi connectivity index (χ1n) is 10.2. The second-order valence-corrected chi connectivity index (χ2v) is 7.43. The summed E-state index contributed by atoms with van der Waals surface area (Å²) in [4.78, 5) is 40.0. The highest BCUT2D eigenvalue weighted by molar-refractivity contribution is 6.02. The summed E-state index contributed by atoms with van der Waals surface area (Å²) in [5.41, 5.74) is 1.04. The van der Waals surface area contributed by atoms with E-state index in [4.69, 9.17) is 23.7 Å². The molecule has 2 aliphatic heterocycles. The van der Waals surface area contributed by atoms with E-state index in [1.54, 1.807) is 30.3 Å². The van der Waals surface area contributed by atoms with Gasteiger partial charge < -0.3 is 29.0 Å². The van der Waals surface area contributed by atoms with Gasteiger partial charge in [-0.1, -0.05) is 0 Å². The maximum Gasteiger partial charge on any atom is 0.344 e. The van der Waals surface area contributed by atoms with Gasteiger partial charge in [0.05, 0.1) is 34.1 Å². The van der Waals surface area contributed by atoms with Crippen LogP contribution in [0.3, 0.4) is 0 Å². The highest BCUT2D eigenvalue weighted by atomic mass is 16.6. The summed E-state index contributed by atoms with van der Waals surface area (Å²) in [6, 6.07) is 7.40. The van der Waals surface area contributed by atoms with E-state index in [1.165, 1.54) is 33.3 Å². The zero-order valence-corrected chi connectivity index (χ0v) is 18.7. The van der Waals surface area contributed by atoms with E-state index >= 15 is 0 Å². The molecule has 1 saturated heterocycles. The number of carbonyl (C=O) groups excluding carboxylic acids is 3.